The van der Waals surface area contributed by atoms with E-state index in [1.54, 1.807) is 11.8 Å². The van der Waals surface area contributed by atoms with Gasteiger partial charge in [0.05, 0.1) is 11.8 Å². The standard InChI is InChI=1S/C28H32N2O5/c1-3-30(17(2)12-25(31)32)26(33)28-14-18(28)13-19(15-28)29-27(34)35-16-24-22-10-6-4-8-20(22)21-9-5-7-11-23(21)24/h4-11,17-19,24H,3,12-16H2,1-2H3,(H,29,34)(H,31,32). The zero-order valence-corrected chi connectivity index (χ0v) is 20.2. The van der Waals surface area contributed by atoms with Crippen LogP contribution in [0.4, 0.5) is 4.79 Å². The first kappa shape index (κ1) is 23.4. The quantitative estimate of drug-likeness (QED) is 0.589. The molecule has 2 N–H and O–H groups in total. The molecular weight excluding hydrogens is 444 g/mol. The third-order valence-corrected chi connectivity index (χ3v) is 8.11. The number of hydrogen-bond acceptors (Lipinski definition) is 4. The van der Waals surface area contributed by atoms with E-state index in [0.29, 0.717) is 13.0 Å². The van der Waals surface area contributed by atoms with Crippen LogP contribution < -0.4 is 5.32 Å². The fraction of sp³-hybridized carbons (Fsp3) is 0.464. The molecule has 5 rings (SSSR count). The summed E-state index contributed by atoms with van der Waals surface area (Å²) in [6.07, 6.45) is 1.62. The van der Waals surface area contributed by atoms with Gasteiger partial charge in [-0.25, -0.2) is 4.79 Å². The summed E-state index contributed by atoms with van der Waals surface area (Å²) in [4.78, 5) is 38.8. The topological polar surface area (TPSA) is 95.9 Å². The smallest absolute Gasteiger partial charge is 0.407 e. The number of benzene rings is 2. The SMILES string of the molecule is CCN(C(=O)C12CC(NC(=O)OCC3c4ccccc4-c4ccccc43)CC1C2)C(C)CC(=O)O. The number of rotatable bonds is 8. The van der Waals surface area contributed by atoms with E-state index in [4.69, 9.17) is 9.84 Å². The number of carbonyl (C=O) groups excluding carboxylic acids is 2. The van der Waals surface area contributed by atoms with Crippen molar-refractivity contribution in [3.8, 4) is 11.1 Å². The Labute approximate surface area is 205 Å². The largest absolute Gasteiger partial charge is 0.481 e. The van der Waals surface area contributed by atoms with Crippen LogP contribution in [0.3, 0.4) is 0 Å². The van der Waals surface area contributed by atoms with Crippen LogP contribution in [-0.4, -0.2) is 53.2 Å². The minimum Gasteiger partial charge on any atom is -0.481 e. The van der Waals surface area contributed by atoms with Gasteiger partial charge in [0.15, 0.2) is 0 Å². The molecule has 7 nitrogen and oxygen atoms in total. The third kappa shape index (κ3) is 4.17. The van der Waals surface area contributed by atoms with Crippen molar-refractivity contribution in [2.75, 3.05) is 13.2 Å². The van der Waals surface area contributed by atoms with E-state index in [1.807, 2.05) is 31.2 Å². The normalized spacial score (nSPS) is 24.6. The Bertz CT molecular complexity index is 1120. The maximum absolute atomic E-state index is 13.3. The molecule has 0 radical (unpaired) electrons. The number of nitrogens with zero attached hydrogens (tertiary/aromatic N) is 1. The van der Waals surface area contributed by atoms with Crippen LogP contribution in [0.2, 0.25) is 0 Å². The second-order valence-corrected chi connectivity index (χ2v) is 10.2. The van der Waals surface area contributed by atoms with E-state index >= 15 is 0 Å². The van der Waals surface area contributed by atoms with Crippen molar-refractivity contribution >= 4 is 18.0 Å². The third-order valence-electron chi connectivity index (χ3n) is 8.11. The summed E-state index contributed by atoms with van der Waals surface area (Å²) in [6, 6.07) is 16.0. The molecule has 3 aliphatic carbocycles. The molecule has 4 atom stereocenters. The summed E-state index contributed by atoms with van der Waals surface area (Å²) in [6.45, 7) is 4.40. The number of ether oxygens (including phenoxy) is 1. The van der Waals surface area contributed by atoms with Gasteiger partial charge in [0.25, 0.3) is 0 Å². The minimum atomic E-state index is -0.908. The van der Waals surface area contributed by atoms with E-state index in [-0.39, 0.29) is 42.9 Å². The van der Waals surface area contributed by atoms with Gasteiger partial charge in [-0.15, -0.1) is 0 Å². The molecule has 4 unspecified atom stereocenters. The van der Waals surface area contributed by atoms with Crippen molar-refractivity contribution in [3.63, 3.8) is 0 Å². The summed E-state index contributed by atoms with van der Waals surface area (Å²) in [5.41, 5.74) is 4.24. The van der Waals surface area contributed by atoms with Crippen LogP contribution in [0.25, 0.3) is 11.1 Å². The maximum atomic E-state index is 13.3. The summed E-state index contributed by atoms with van der Waals surface area (Å²) >= 11 is 0. The first-order chi connectivity index (χ1) is 16.8. The Morgan fingerprint density at radius 1 is 1.09 bits per heavy atom. The Balaban J connectivity index is 1.18. The maximum Gasteiger partial charge on any atom is 0.407 e. The van der Waals surface area contributed by atoms with Gasteiger partial charge in [-0.2, -0.15) is 0 Å². The second-order valence-electron chi connectivity index (χ2n) is 10.2. The lowest BCUT2D eigenvalue weighted by molar-refractivity contribution is -0.143. The molecule has 2 saturated carbocycles. The Hall–Kier alpha value is -3.35. The fourth-order valence-electron chi connectivity index (χ4n) is 6.38. The average Bonchev–Trinajstić information content (AvgIpc) is 3.26. The summed E-state index contributed by atoms with van der Waals surface area (Å²) in [5, 5.41) is 12.1. The highest BCUT2D eigenvalue weighted by Crippen LogP contribution is 2.64. The molecule has 0 aliphatic heterocycles. The summed E-state index contributed by atoms with van der Waals surface area (Å²) in [5.74, 6) is -0.641. The lowest BCUT2D eigenvalue weighted by atomic mass is 9.98. The van der Waals surface area contributed by atoms with Gasteiger partial charge >= 0.3 is 12.1 Å². The van der Waals surface area contributed by atoms with Crippen molar-refractivity contribution in [1.29, 1.82) is 0 Å². The molecule has 0 spiro atoms. The predicted molar refractivity (Wildman–Crippen MR) is 131 cm³/mol. The number of carboxylic acids is 1. The summed E-state index contributed by atoms with van der Waals surface area (Å²) < 4.78 is 5.69. The minimum absolute atomic E-state index is 0.00638. The van der Waals surface area contributed by atoms with Gasteiger partial charge in [-0.05, 0) is 61.3 Å². The van der Waals surface area contributed by atoms with Crippen LogP contribution in [0, 0.1) is 11.3 Å². The number of carboxylic acid groups (broad SMARTS) is 1. The molecule has 0 aromatic heterocycles. The zero-order chi connectivity index (χ0) is 24.7. The van der Waals surface area contributed by atoms with Gasteiger partial charge in [-0.3, -0.25) is 9.59 Å². The molecule has 7 heteroatoms. The number of carbonyl (C=O) groups is 3. The highest BCUT2D eigenvalue weighted by atomic mass is 16.5. The predicted octanol–water partition coefficient (Wildman–Crippen LogP) is 4.41. The second kappa shape index (κ2) is 9.02. The van der Waals surface area contributed by atoms with E-state index < -0.39 is 17.5 Å². The van der Waals surface area contributed by atoms with Crippen molar-refractivity contribution in [2.45, 2.75) is 57.5 Å². The first-order valence-electron chi connectivity index (χ1n) is 12.5. The number of hydrogen-bond donors (Lipinski definition) is 2. The van der Waals surface area contributed by atoms with Gasteiger partial charge < -0.3 is 20.1 Å². The number of aliphatic carboxylic acids is 1. The van der Waals surface area contributed by atoms with Gasteiger partial charge in [0.2, 0.25) is 5.91 Å². The van der Waals surface area contributed by atoms with Crippen LogP contribution >= 0.6 is 0 Å². The van der Waals surface area contributed by atoms with Crippen molar-refractivity contribution in [3.05, 3.63) is 59.7 Å². The fourth-order valence-corrected chi connectivity index (χ4v) is 6.38. The first-order valence-corrected chi connectivity index (χ1v) is 12.5. The molecule has 0 bridgehead atoms. The van der Waals surface area contributed by atoms with Crippen LogP contribution in [0.15, 0.2) is 48.5 Å². The van der Waals surface area contributed by atoms with Crippen molar-refractivity contribution < 1.29 is 24.2 Å². The monoisotopic (exact) mass is 476 g/mol. The highest BCUT2D eigenvalue weighted by molar-refractivity contribution is 5.87. The summed E-state index contributed by atoms with van der Waals surface area (Å²) in [7, 11) is 0. The van der Waals surface area contributed by atoms with Crippen LogP contribution in [0.5, 0.6) is 0 Å². The number of fused-ring (bicyclic) bond motifs is 4. The number of nitrogens with one attached hydrogen (secondary N) is 1. The molecule has 2 aromatic rings. The van der Waals surface area contributed by atoms with Crippen molar-refractivity contribution in [1.82, 2.24) is 10.2 Å². The molecule has 184 valence electrons. The number of alkyl carbamates (subject to hydrolysis) is 1. The van der Waals surface area contributed by atoms with Crippen LogP contribution in [0.1, 0.15) is 56.6 Å². The molecule has 3 aliphatic rings. The highest BCUT2D eigenvalue weighted by Gasteiger charge is 2.66. The molecule has 2 fully saturated rings. The van der Waals surface area contributed by atoms with E-state index in [2.05, 4.69) is 29.6 Å². The van der Waals surface area contributed by atoms with Gasteiger partial charge in [-0.1, -0.05) is 48.5 Å². The van der Waals surface area contributed by atoms with E-state index in [9.17, 15) is 14.4 Å². The number of amides is 2. The lowest BCUT2D eigenvalue weighted by Crippen LogP contribution is -2.45. The molecule has 2 amide bonds. The Morgan fingerprint density at radius 2 is 1.71 bits per heavy atom. The van der Waals surface area contributed by atoms with Gasteiger partial charge in [0.1, 0.15) is 6.61 Å². The molecule has 0 saturated heterocycles. The lowest BCUT2D eigenvalue weighted by Gasteiger charge is -2.31. The Kier molecular flexibility index (Phi) is 6.03. The Morgan fingerprint density at radius 3 is 2.31 bits per heavy atom. The van der Waals surface area contributed by atoms with Crippen molar-refractivity contribution in [2.24, 2.45) is 11.3 Å². The molecule has 35 heavy (non-hydrogen) atoms. The van der Waals surface area contributed by atoms with E-state index in [0.717, 1.165) is 12.8 Å². The van der Waals surface area contributed by atoms with E-state index in [1.165, 1.54) is 22.3 Å². The molecule has 2 aromatic carbocycles. The van der Waals surface area contributed by atoms with Crippen LogP contribution in [-0.2, 0) is 14.3 Å². The molecular formula is C28H32N2O5. The molecule has 0 heterocycles. The van der Waals surface area contributed by atoms with Gasteiger partial charge in [0, 0.05) is 24.5 Å². The average molecular weight is 477 g/mol. The zero-order valence-electron chi connectivity index (χ0n) is 20.2.